The van der Waals surface area contributed by atoms with E-state index < -0.39 is 10.0 Å². The maximum absolute atomic E-state index is 12.0. The van der Waals surface area contributed by atoms with Crippen molar-refractivity contribution in [3.05, 3.63) is 17.9 Å². The SMILES string of the molecule is NCc1ccc(S(=O)(=O)NCC2CCCCC2)o1. The van der Waals surface area contributed by atoms with E-state index in [-0.39, 0.29) is 11.6 Å². The number of furan rings is 1. The van der Waals surface area contributed by atoms with Crippen LogP contribution in [0.25, 0.3) is 0 Å². The second kappa shape index (κ2) is 5.86. The largest absolute Gasteiger partial charge is 0.447 e. The quantitative estimate of drug-likeness (QED) is 0.852. The van der Waals surface area contributed by atoms with Gasteiger partial charge < -0.3 is 10.2 Å². The number of hydrogen-bond acceptors (Lipinski definition) is 4. The number of hydrogen-bond donors (Lipinski definition) is 2. The topological polar surface area (TPSA) is 85.3 Å². The highest BCUT2D eigenvalue weighted by Crippen LogP contribution is 2.23. The Balaban J connectivity index is 1.94. The van der Waals surface area contributed by atoms with Gasteiger partial charge in [0.25, 0.3) is 10.0 Å². The van der Waals surface area contributed by atoms with Crippen LogP contribution in [0.4, 0.5) is 0 Å². The van der Waals surface area contributed by atoms with Crippen molar-refractivity contribution in [2.75, 3.05) is 6.54 Å². The molecular formula is C12H20N2O3S. The van der Waals surface area contributed by atoms with Crippen LogP contribution in [-0.2, 0) is 16.6 Å². The van der Waals surface area contributed by atoms with Crippen molar-refractivity contribution in [3.8, 4) is 0 Å². The normalized spacial score (nSPS) is 18.1. The van der Waals surface area contributed by atoms with Crippen LogP contribution >= 0.6 is 0 Å². The van der Waals surface area contributed by atoms with Crippen LogP contribution < -0.4 is 10.5 Å². The monoisotopic (exact) mass is 272 g/mol. The molecule has 2 rings (SSSR count). The van der Waals surface area contributed by atoms with E-state index in [1.54, 1.807) is 6.07 Å². The molecule has 18 heavy (non-hydrogen) atoms. The fourth-order valence-corrected chi connectivity index (χ4v) is 3.36. The Morgan fingerprint density at radius 2 is 2.00 bits per heavy atom. The standard InChI is InChI=1S/C12H20N2O3S/c13-8-11-6-7-12(17-11)18(15,16)14-9-10-4-2-1-3-5-10/h6-7,10,14H,1-5,8-9,13H2. The zero-order chi connectivity index (χ0) is 13.0. The van der Waals surface area contributed by atoms with Crippen molar-refractivity contribution in [2.24, 2.45) is 11.7 Å². The van der Waals surface area contributed by atoms with E-state index in [0.717, 1.165) is 12.8 Å². The molecule has 0 saturated heterocycles. The third-order valence-corrected chi connectivity index (χ3v) is 4.69. The van der Waals surface area contributed by atoms with Crippen molar-refractivity contribution in [1.29, 1.82) is 0 Å². The Kier molecular flexibility index (Phi) is 4.42. The van der Waals surface area contributed by atoms with E-state index >= 15 is 0 Å². The summed E-state index contributed by atoms with van der Waals surface area (Å²) in [6.45, 7) is 0.707. The van der Waals surface area contributed by atoms with E-state index in [1.807, 2.05) is 0 Å². The van der Waals surface area contributed by atoms with Gasteiger partial charge >= 0.3 is 0 Å². The minimum absolute atomic E-state index is 0.0428. The summed E-state index contributed by atoms with van der Waals surface area (Å²) in [4.78, 5) is 0. The molecule has 6 heteroatoms. The maximum Gasteiger partial charge on any atom is 0.273 e. The lowest BCUT2D eigenvalue weighted by molar-refractivity contribution is 0.354. The molecule has 1 aromatic rings. The van der Waals surface area contributed by atoms with Crippen LogP contribution in [0.1, 0.15) is 37.9 Å². The predicted molar refractivity (Wildman–Crippen MR) is 68.4 cm³/mol. The molecule has 0 radical (unpaired) electrons. The lowest BCUT2D eigenvalue weighted by atomic mass is 9.90. The first kappa shape index (κ1) is 13.6. The van der Waals surface area contributed by atoms with E-state index in [1.165, 1.54) is 25.3 Å². The molecule has 1 aromatic heterocycles. The molecule has 0 unspecified atom stereocenters. The molecule has 1 aliphatic carbocycles. The van der Waals surface area contributed by atoms with Gasteiger partial charge in [-0.1, -0.05) is 19.3 Å². The second-order valence-electron chi connectivity index (χ2n) is 4.78. The Morgan fingerprint density at radius 3 is 2.61 bits per heavy atom. The summed E-state index contributed by atoms with van der Waals surface area (Å²) < 4.78 is 31.7. The Labute approximate surface area is 108 Å². The Bertz CT molecular complexity index is 475. The number of sulfonamides is 1. The molecule has 0 bridgehead atoms. The van der Waals surface area contributed by atoms with E-state index in [0.29, 0.717) is 18.2 Å². The van der Waals surface area contributed by atoms with Gasteiger partial charge in [0, 0.05) is 6.54 Å². The highest BCUT2D eigenvalue weighted by atomic mass is 32.2. The first-order valence-electron chi connectivity index (χ1n) is 6.40. The first-order valence-corrected chi connectivity index (χ1v) is 7.88. The zero-order valence-corrected chi connectivity index (χ0v) is 11.2. The van der Waals surface area contributed by atoms with Crippen LogP contribution in [0.5, 0.6) is 0 Å². The van der Waals surface area contributed by atoms with Crippen molar-refractivity contribution >= 4 is 10.0 Å². The number of nitrogens with two attached hydrogens (primary N) is 1. The minimum atomic E-state index is -3.52. The maximum atomic E-state index is 12.0. The molecule has 1 fully saturated rings. The van der Waals surface area contributed by atoms with Gasteiger partial charge in [-0.2, -0.15) is 0 Å². The van der Waals surface area contributed by atoms with E-state index in [2.05, 4.69) is 4.72 Å². The smallest absolute Gasteiger partial charge is 0.273 e. The summed E-state index contributed by atoms with van der Waals surface area (Å²) in [5, 5.41) is -0.0428. The van der Waals surface area contributed by atoms with Crippen LogP contribution in [0, 0.1) is 5.92 Å². The van der Waals surface area contributed by atoms with E-state index in [9.17, 15) is 8.42 Å². The highest BCUT2D eigenvalue weighted by Gasteiger charge is 2.21. The summed E-state index contributed by atoms with van der Waals surface area (Å²) in [7, 11) is -3.52. The molecule has 0 aliphatic heterocycles. The van der Waals surface area contributed by atoms with Gasteiger partial charge in [0.15, 0.2) is 0 Å². The molecular weight excluding hydrogens is 252 g/mol. The van der Waals surface area contributed by atoms with Gasteiger partial charge in [-0.15, -0.1) is 0 Å². The van der Waals surface area contributed by atoms with Crippen molar-refractivity contribution in [2.45, 2.75) is 43.7 Å². The molecule has 102 valence electrons. The van der Waals surface area contributed by atoms with Crippen molar-refractivity contribution < 1.29 is 12.8 Å². The minimum Gasteiger partial charge on any atom is -0.447 e. The van der Waals surface area contributed by atoms with Gasteiger partial charge in [-0.05, 0) is 30.9 Å². The number of nitrogens with one attached hydrogen (secondary N) is 1. The first-order chi connectivity index (χ1) is 8.62. The molecule has 1 saturated carbocycles. The average molecular weight is 272 g/mol. The van der Waals surface area contributed by atoms with Gasteiger partial charge in [0.1, 0.15) is 5.76 Å². The van der Waals surface area contributed by atoms with Gasteiger partial charge in [-0.25, -0.2) is 13.1 Å². The van der Waals surface area contributed by atoms with Crippen LogP contribution in [-0.4, -0.2) is 15.0 Å². The number of rotatable bonds is 5. The van der Waals surface area contributed by atoms with E-state index in [4.69, 9.17) is 10.2 Å². The second-order valence-corrected chi connectivity index (χ2v) is 6.48. The zero-order valence-electron chi connectivity index (χ0n) is 10.4. The third kappa shape index (κ3) is 3.34. The summed E-state index contributed by atoms with van der Waals surface area (Å²) in [5.74, 6) is 0.936. The Morgan fingerprint density at radius 1 is 1.28 bits per heavy atom. The molecule has 0 aromatic carbocycles. The Hall–Kier alpha value is -0.850. The average Bonchev–Trinajstić information content (AvgIpc) is 2.87. The molecule has 0 amide bonds. The van der Waals surface area contributed by atoms with Gasteiger partial charge in [-0.3, -0.25) is 0 Å². The van der Waals surface area contributed by atoms with Gasteiger partial charge in [0.2, 0.25) is 5.09 Å². The van der Waals surface area contributed by atoms with Crippen LogP contribution in [0.3, 0.4) is 0 Å². The molecule has 3 N–H and O–H groups in total. The van der Waals surface area contributed by atoms with Crippen LogP contribution in [0.2, 0.25) is 0 Å². The fourth-order valence-electron chi connectivity index (χ4n) is 2.30. The summed E-state index contributed by atoms with van der Waals surface area (Å²) in [6, 6.07) is 3.04. The van der Waals surface area contributed by atoms with Crippen molar-refractivity contribution in [1.82, 2.24) is 4.72 Å². The van der Waals surface area contributed by atoms with Crippen LogP contribution in [0.15, 0.2) is 21.6 Å². The molecule has 1 aliphatic rings. The lowest BCUT2D eigenvalue weighted by Gasteiger charge is -2.21. The predicted octanol–water partition coefficient (Wildman–Crippen LogP) is 1.60. The van der Waals surface area contributed by atoms with Gasteiger partial charge in [0.05, 0.1) is 6.54 Å². The highest BCUT2D eigenvalue weighted by molar-refractivity contribution is 7.89. The summed E-state index contributed by atoms with van der Waals surface area (Å²) in [5.41, 5.74) is 5.39. The lowest BCUT2D eigenvalue weighted by Crippen LogP contribution is -2.30. The molecule has 1 heterocycles. The molecule has 0 spiro atoms. The summed E-state index contributed by atoms with van der Waals surface area (Å²) >= 11 is 0. The molecule has 0 atom stereocenters. The fraction of sp³-hybridized carbons (Fsp3) is 0.667. The third-order valence-electron chi connectivity index (χ3n) is 3.39. The summed E-state index contributed by atoms with van der Waals surface area (Å²) in [6.07, 6.45) is 5.87. The molecule has 5 nitrogen and oxygen atoms in total. The van der Waals surface area contributed by atoms with Crippen molar-refractivity contribution in [3.63, 3.8) is 0 Å².